The van der Waals surface area contributed by atoms with Gasteiger partial charge in [-0.3, -0.25) is 4.90 Å². The molecule has 0 radical (unpaired) electrons. The van der Waals surface area contributed by atoms with Gasteiger partial charge in [-0.25, -0.2) is 0 Å². The highest BCUT2D eigenvalue weighted by molar-refractivity contribution is 5.96. The molecule has 2 aliphatic rings. The van der Waals surface area contributed by atoms with E-state index in [0.29, 0.717) is 0 Å². The molecule has 0 saturated heterocycles. The van der Waals surface area contributed by atoms with E-state index >= 15 is 0 Å². The predicted octanol–water partition coefficient (Wildman–Crippen LogP) is 11.5. The molecule has 0 atom stereocenters. The molecule has 0 saturated carbocycles. The van der Waals surface area contributed by atoms with Crippen molar-refractivity contribution in [1.82, 2.24) is 0 Å². The molecule has 0 unspecified atom stereocenters. The van der Waals surface area contributed by atoms with Crippen molar-refractivity contribution in [3.05, 3.63) is 152 Å². The Hall–Kier alpha value is -5.80. The SMILES string of the molecule is c1ccc2c(c1)Oc1cc(-c3ccccc3-c3ccc(-c4ccc5ccccc5c4)cc3)cc3c1N2c1ccccc1O3. The first-order valence-corrected chi connectivity index (χ1v) is 14.5. The fourth-order valence-corrected chi connectivity index (χ4v) is 6.38. The summed E-state index contributed by atoms with van der Waals surface area (Å²) in [5.74, 6) is 3.21. The van der Waals surface area contributed by atoms with Gasteiger partial charge in [-0.05, 0) is 86.6 Å². The molecule has 0 spiro atoms. The normalized spacial score (nSPS) is 12.5. The number of rotatable bonds is 3. The van der Waals surface area contributed by atoms with Crippen molar-refractivity contribution in [3.8, 4) is 56.4 Å². The first kappa shape index (κ1) is 23.9. The van der Waals surface area contributed by atoms with Crippen LogP contribution in [0.3, 0.4) is 0 Å². The highest BCUT2D eigenvalue weighted by Crippen LogP contribution is 2.60. The highest BCUT2D eigenvalue weighted by atomic mass is 16.5. The molecule has 43 heavy (non-hydrogen) atoms. The third-order valence-electron chi connectivity index (χ3n) is 8.43. The van der Waals surface area contributed by atoms with Gasteiger partial charge in [-0.1, -0.05) is 109 Å². The molecule has 3 heteroatoms. The first-order valence-electron chi connectivity index (χ1n) is 14.5. The van der Waals surface area contributed by atoms with Crippen LogP contribution in [0, 0.1) is 0 Å². The van der Waals surface area contributed by atoms with Gasteiger partial charge in [0, 0.05) is 0 Å². The molecular weight excluding hydrogens is 526 g/mol. The van der Waals surface area contributed by atoms with Crippen LogP contribution in [0.25, 0.3) is 44.2 Å². The second kappa shape index (κ2) is 9.37. The van der Waals surface area contributed by atoms with Crippen molar-refractivity contribution >= 4 is 27.8 Å². The van der Waals surface area contributed by atoms with Crippen LogP contribution < -0.4 is 14.4 Å². The van der Waals surface area contributed by atoms with Crippen LogP contribution >= 0.6 is 0 Å². The van der Waals surface area contributed by atoms with Gasteiger partial charge in [-0.2, -0.15) is 0 Å². The largest absolute Gasteiger partial charge is 0.453 e. The molecule has 2 aliphatic heterocycles. The molecule has 0 amide bonds. The lowest BCUT2D eigenvalue weighted by molar-refractivity contribution is 0.446. The molecule has 7 aromatic carbocycles. The number of benzene rings is 7. The van der Waals surface area contributed by atoms with E-state index in [-0.39, 0.29) is 0 Å². The van der Waals surface area contributed by atoms with Gasteiger partial charge in [0.1, 0.15) is 5.69 Å². The van der Waals surface area contributed by atoms with E-state index < -0.39 is 0 Å². The summed E-state index contributed by atoms with van der Waals surface area (Å²) >= 11 is 0. The van der Waals surface area contributed by atoms with Crippen molar-refractivity contribution in [2.75, 3.05) is 4.90 Å². The van der Waals surface area contributed by atoms with Crippen molar-refractivity contribution in [2.45, 2.75) is 0 Å². The van der Waals surface area contributed by atoms with Crippen molar-refractivity contribution in [2.24, 2.45) is 0 Å². The summed E-state index contributed by atoms with van der Waals surface area (Å²) in [5.41, 5.74) is 9.83. The standard InChI is InChI=1S/C40H25NO2/c1-2-10-29-23-30(22-19-26(29)9-1)27-17-20-28(21-18-27)32-11-3-4-12-33(32)31-24-38-40-39(25-31)43-37-16-8-6-14-35(37)41(40)34-13-5-7-15-36(34)42-38/h1-25H. The molecule has 7 aromatic rings. The van der Waals surface area contributed by atoms with Crippen molar-refractivity contribution in [3.63, 3.8) is 0 Å². The summed E-state index contributed by atoms with van der Waals surface area (Å²) in [6.07, 6.45) is 0. The van der Waals surface area contributed by atoms with Gasteiger partial charge in [0.05, 0.1) is 11.4 Å². The molecule has 0 fully saturated rings. The number of fused-ring (bicyclic) bond motifs is 5. The lowest BCUT2D eigenvalue weighted by atomic mass is 9.92. The third kappa shape index (κ3) is 3.83. The molecule has 0 N–H and O–H groups in total. The lowest BCUT2D eigenvalue weighted by Crippen LogP contribution is -2.20. The van der Waals surface area contributed by atoms with Crippen LogP contribution in [-0.2, 0) is 0 Å². The Morgan fingerprint density at radius 2 is 0.860 bits per heavy atom. The second-order valence-electron chi connectivity index (χ2n) is 11.0. The number of ether oxygens (including phenoxy) is 2. The van der Waals surface area contributed by atoms with Gasteiger partial charge in [0.25, 0.3) is 0 Å². The smallest absolute Gasteiger partial charge is 0.156 e. The van der Waals surface area contributed by atoms with Gasteiger partial charge >= 0.3 is 0 Å². The second-order valence-corrected chi connectivity index (χ2v) is 11.0. The van der Waals surface area contributed by atoms with E-state index in [2.05, 4.69) is 120 Å². The summed E-state index contributed by atoms with van der Waals surface area (Å²) in [5, 5.41) is 2.50. The molecule has 0 aromatic heterocycles. The molecule has 9 rings (SSSR count). The number of nitrogens with zero attached hydrogens (tertiary/aromatic N) is 1. The number of hydrogen-bond donors (Lipinski definition) is 0. The number of anilines is 3. The molecule has 2 heterocycles. The molecule has 202 valence electrons. The average molecular weight is 552 g/mol. The summed E-state index contributed by atoms with van der Waals surface area (Å²) in [6, 6.07) is 53.2. The fourth-order valence-electron chi connectivity index (χ4n) is 6.38. The quantitative estimate of drug-likeness (QED) is 0.218. The summed E-state index contributed by atoms with van der Waals surface area (Å²) in [7, 11) is 0. The summed E-state index contributed by atoms with van der Waals surface area (Å²) in [6.45, 7) is 0. The van der Waals surface area contributed by atoms with Crippen LogP contribution in [0.1, 0.15) is 0 Å². The summed E-state index contributed by atoms with van der Waals surface area (Å²) in [4.78, 5) is 2.25. The van der Waals surface area contributed by atoms with Gasteiger partial charge < -0.3 is 9.47 Å². The van der Waals surface area contributed by atoms with Crippen LogP contribution in [0.5, 0.6) is 23.0 Å². The average Bonchev–Trinajstić information content (AvgIpc) is 3.08. The Balaban J connectivity index is 1.14. The minimum absolute atomic E-state index is 0.780. The first-order chi connectivity index (χ1) is 21.3. The van der Waals surface area contributed by atoms with Crippen molar-refractivity contribution < 1.29 is 9.47 Å². The monoisotopic (exact) mass is 551 g/mol. The zero-order valence-corrected chi connectivity index (χ0v) is 23.2. The maximum atomic E-state index is 6.52. The third-order valence-corrected chi connectivity index (χ3v) is 8.43. The molecular formula is C40H25NO2. The number of hydrogen-bond acceptors (Lipinski definition) is 3. The van der Waals surface area contributed by atoms with E-state index in [1.54, 1.807) is 0 Å². The zero-order valence-electron chi connectivity index (χ0n) is 23.2. The Bertz CT molecular complexity index is 2130. The highest BCUT2D eigenvalue weighted by Gasteiger charge is 2.35. The minimum Gasteiger partial charge on any atom is -0.453 e. The predicted molar refractivity (Wildman–Crippen MR) is 175 cm³/mol. The van der Waals surface area contributed by atoms with Crippen molar-refractivity contribution in [1.29, 1.82) is 0 Å². The van der Waals surface area contributed by atoms with E-state index in [1.165, 1.54) is 21.9 Å². The van der Waals surface area contributed by atoms with E-state index in [4.69, 9.17) is 9.47 Å². The van der Waals surface area contributed by atoms with Gasteiger partial charge in [-0.15, -0.1) is 0 Å². The van der Waals surface area contributed by atoms with Crippen LogP contribution in [0.4, 0.5) is 17.1 Å². The molecule has 3 nitrogen and oxygen atoms in total. The van der Waals surface area contributed by atoms with E-state index in [9.17, 15) is 0 Å². The summed E-state index contributed by atoms with van der Waals surface area (Å²) < 4.78 is 13.0. The lowest BCUT2D eigenvalue weighted by Gasteiger charge is -2.38. The van der Waals surface area contributed by atoms with Gasteiger partial charge in [0.15, 0.2) is 23.0 Å². The molecule has 0 aliphatic carbocycles. The molecule has 0 bridgehead atoms. The Kier molecular flexibility index (Phi) is 5.20. The van der Waals surface area contributed by atoms with E-state index in [1.807, 2.05) is 36.4 Å². The van der Waals surface area contributed by atoms with E-state index in [0.717, 1.165) is 62.3 Å². The maximum Gasteiger partial charge on any atom is 0.156 e. The topological polar surface area (TPSA) is 21.7 Å². The van der Waals surface area contributed by atoms with Gasteiger partial charge in [0.2, 0.25) is 0 Å². The Morgan fingerprint density at radius 3 is 1.53 bits per heavy atom. The fraction of sp³-hybridized carbons (Fsp3) is 0. The zero-order chi connectivity index (χ0) is 28.3. The van der Waals surface area contributed by atoms with Crippen LogP contribution in [-0.4, -0.2) is 0 Å². The van der Waals surface area contributed by atoms with Crippen LogP contribution in [0.15, 0.2) is 152 Å². The maximum absolute atomic E-state index is 6.52. The Morgan fingerprint density at radius 1 is 0.349 bits per heavy atom. The Labute approximate surface area is 249 Å². The minimum atomic E-state index is 0.780. The van der Waals surface area contributed by atoms with Crippen LogP contribution in [0.2, 0.25) is 0 Å². The number of para-hydroxylation sites is 4.